The number of carbonyl (C=O) groups excluding carboxylic acids is 1. The van der Waals surface area contributed by atoms with Gasteiger partial charge in [0.25, 0.3) is 0 Å². The molecule has 0 rings (SSSR count). The van der Waals surface area contributed by atoms with Crippen LogP contribution in [0.15, 0.2) is 0 Å². The lowest BCUT2D eigenvalue weighted by atomic mass is 10.0. The van der Waals surface area contributed by atoms with E-state index in [2.05, 4.69) is 4.74 Å². The van der Waals surface area contributed by atoms with Crippen LogP contribution in [0.3, 0.4) is 0 Å². The van der Waals surface area contributed by atoms with E-state index in [1.165, 1.54) is 116 Å². The van der Waals surface area contributed by atoms with Crippen molar-refractivity contribution in [2.24, 2.45) is 0 Å². The van der Waals surface area contributed by atoms with E-state index in [4.69, 9.17) is 13.3 Å². The molecule has 0 saturated heterocycles. The molecule has 198 valence electrons. The zero-order chi connectivity index (χ0) is 24.5. The number of hydrogen-bond acceptors (Lipinski definition) is 5. The molecule has 0 aromatic carbocycles. The minimum Gasteiger partial charge on any atom is -0.469 e. The summed E-state index contributed by atoms with van der Waals surface area (Å²) in [4.78, 5) is 11.0. The van der Waals surface area contributed by atoms with Gasteiger partial charge < -0.3 is 18.0 Å². The summed E-state index contributed by atoms with van der Waals surface area (Å²) in [6.45, 7) is 0. The first kappa shape index (κ1) is 32.6. The molecule has 0 spiro atoms. The van der Waals surface area contributed by atoms with Crippen LogP contribution in [0, 0.1) is 0 Å². The summed E-state index contributed by atoms with van der Waals surface area (Å²) < 4.78 is 21.1. The summed E-state index contributed by atoms with van der Waals surface area (Å²) in [5.74, 6) is -0.0702. The molecule has 0 saturated carbocycles. The molecule has 0 N–H and O–H groups in total. The molecule has 0 aromatic rings. The summed E-state index contributed by atoms with van der Waals surface area (Å²) in [5, 5.41) is 0. The normalized spacial score (nSPS) is 11.8. The SMILES string of the molecule is COC(=O)CCCCCCCCCCCCCCCCCCCCCC[Si](OC)(OC)OC. The number of methoxy groups -OCH3 is 1. The maximum absolute atomic E-state index is 11.0. The van der Waals surface area contributed by atoms with Gasteiger partial charge in [0.05, 0.1) is 7.11 Å². The number of esters is 1. The van der Waals surface area contributed by atoms with E-state index >= 15 is 0 Å². The first-order valence-electron chi connectivity index (χ1n) is 13.9. The number of hydrogen-bond donors (Lipinski definition) is 0. The largest absolute Gasteiger partial charge is 0.500 e. The van der Waals surface area contributed by atoms with Crippen LogP contribution in [-0.2, 0) is 22.8 Å². The summed E-state index contributed by atoms with van der Waals surface area (Å²) in [5.41, 5.74) is 0. The van der Waals surface area contributed by atoms with Gasteiger partial charge in [0.2, 0.25) is 0 Å². The third-order valence-corrected chi connectivity index (χ3v) is 9.61. The first-order chi connectivity index (χ1) is 16.1. The Morgan fingerprint density at radius 2 is 0.727 bits per heavy atom. The molecule has 0 radical (unpaired) electrons. The Kier molecular flexibility index (Phi) is 24.4. The van der Waals surface area contributed by atoms with Crippen molar-refractivity contribution in [1.29, 1.82) is 0 Å². The minimum absolute atomic E-state index is 0.0702. The topological polar surface area (TPSA) is 54.0 Å². The van der Waals surface area contributed by atoms with Crippen molar-refractivity contribution in [3.05, 3.63) is 0 Å². The summed E-state index contributed by atoms with van der Waals surface area (Å²) >= 11 is 0. The van der Waals surface area contributed by atoms with Gasteiger partial charge in [-0.3, -0.25) is 4.79 Å². The Morgan fingerprint density at radius 3 is 1.00 bits per heavy atom. The van der Waals surface area contributed by atoms with Gasteiger partial charge in [-0.15, -0.1) is 0 Å². The summed E-state index contributed by atoms with van der Waals surface area (Å²) in [6.07, 6.45) is 27.2. The van der Waals surface area contributed by atoms with Gasteiger partial charge in [-0.05, 0) is 12.8 Å². The average molecular weight is 489 g/mol. The molecule has 0 aliphatic heterocycles. The molecule has 5 nitrogen and oxygen atoms in total. The smallest absolute Gasteiger partial charge is 0.469 e. The van der Waals surface area contributed by atoms with E-state index in [-0.39, 0.29) is 5.97 Å². The van der Waals surface area contributed by atoms with Crippen molar-refractivity contribution >= 4 is 14.8 Å². The molecule has 0 heterocycles. The van der Waals surface area contributed by atoms with Crippen molar-refractivity contribution in [3.8, 4) is 0 Å². The van der Waals surface area contributed by atoms with Gasteiger partial charge >= 0.3 is 14.8 Å². The molecule has 0 unspecified atom stereocenters. The lowest BCUT2D eigenvalue weighted by molar-refractivity contribution is -0.140. The fourth-order valence-corrected chi connectivity index (χ4v) is 6.25. The molecule has 0 fully saturated rings. The van der Waals surface area contributed by atoms with Crippen LogP contribution in [0.4, 0.5) is 0 Å². The van der Waals surface area contributed by atoms with Crippen molar-refractivity contribution < 1.29 is 22.8 Å². The maximum atomic E-state index is 11.0. The second-order valence-corrected chi connectivity index (χ2v) is 12.5. The average Bonchev–Trinajstić information content (AvgIpc) is 2.84. The Hall–Kier alpha value is -0.433. The highest BCUT2D eigenvalue weighted by atomic mass is 28.4. The quantitative estimate of drug-likeness (QED) is 0.0697. The Balaban J connectivity index is 3.18. The Labute approximate surface area is 207 Å². The second-order valence-electron chi connectivity index (χ2n) is 9.44. The van der Waals surface area contributed by atoms with Gasteiger partial charge in [-0.2, -0.15) is 0 Å². The lowest BCUT2D eigenvalue weighted by Crippen LogP contribution is -2.42. The Morgan fingerprint density at radius 1 is 0.455 bits per heavy atom. The molecule has 6 heteroatoms. The van der Waals surface area contributed by atoms with E-state index in [0.717, 1.165) is 25.3 Å². The van der Waals surface area contributed by atoms with Crippen molar-refractivity contribution in [2.45, 2.75) is 141 Å². The minimum atomic E-state index is -2.35. The van der Waals surface area contributed by atoms with E-state index in [0.29, 0.717) is 6.42 Å². The number of unbranched alkanes of at least 4 members (excludes halogenated alkanes) is 19. The molecule has 0 atom stereocenters. The van der Waals surface area contributed by atoms with Crippen LogP contribution in [0.1, 0.15) is 135 Å². The standard InChI is InChI=1S/C27H56O5Si/c1-29-27(28)25-23-21-19-17-15-13-11-9-7-5-6-8-10-12-14-16-18-20-22-24-26-33(30-2,31-3)32-4/h5-26H2,1-4H3. The molecule has 0 aliphatic carbocycles. The van der Waals surface area contributed by atoms with Gasteiger partial charge in [0.1, 0.15) is 0 Å². The molecule has 0 aliphatic rings. The highest BCUT2D eigenvalue weighted by Crippen LogP contribution is 2.19. The molecule has 0 amide bonds. The predicted octanol–water partition coefficient (Wildman–Crippen LogP) is 8.23. The number of ether oxygens (including phenoxy) is 1. The molecular weight excluding hydrogens is 432 g/mol. The molecule has 0 aromatic heterocycles. The zero-order valence-electron chi connectivity index (χ0n) is 22.6. The lowest BCUT2D eigenvalue weighted by Gasteiger charge is -2.24. The van der Waals surface area contributed by atoms with Crippen LogP contribution in [0.5, 0.6) is 0 Å². The van der Waals surface area contributed by atoms with Gasteiger partial charge in [0, 0.05) is 33.8 Å². The van der Waals surface area contributed by atoms with Crippen molar-refractivity contribution in [3.63, 3.8) is 0 Å². The van der Waals surface area contributed by atoms with E-state index < -0.39 is 8.80 Å². The predicted molar refractivity (Wildman–Crippen MR) is 141 cm³/mol. The fraction of sp³-hybridized carbons (Fsp3) is 0.963. The van der Waals surface area contributed by atoms with Crippen LogP contribution in [0.2, 0.25) is 6.04 Å². The second kappa shape index (κ2) is 24.7. The van der Waals surface area contributed by atoms with Gasteiger partial charge in [-0.25, -0.2) is 0 Å². The van der Waals surface area contributed by atoms with Crippen molar-refractivity contribution in [1.82, 2.24) is 0 Å². The van der Waals surface area contributed by atoms with Crippen LogP contribution in [0.25, 0.3) is 0 Å². The summed E-state index contributed by atoms with van der Waals surface area (Å²) in [6, 6.07) is 0.927. The first-order valence-corrected chi connectivity index (χ1v) is 15.8. The van der Waals surface area contributed by atoms with E-state index in [1.807, 2.05) is 0 Å². The molecule has 0 bridgehead atoms. The third kappa shape index (κ3) is 20.6. The highest BCUT2D eigenvalue weighted by molar-refractivity contribution is 6.60. The third-order valence-electron chi connectivity index (χ3n) is 6.77. The van der Waals surface area contributed by atoms with Gasteiger partial charge in [0.15, 0.2) is 0 Å². The van der Waals surface area contributed by atoms with E-state index in [9.17, 15) is 4.79 Å². The fourth-order valence-electron chi connectivity index (χ4n) is 4.45. The zero-order valence-corrected chi connectivity index (χ0v) is 23.6. The Bertz CT molecular complexity index is 407. The van der Waals surface area contributed by atoms with Crippen LogP contribution in [-0.4, -0.2) is 43.2 Å². The highest BCUT2D eigenvalue weighted by Gasteiger charge is 2.36. The molecular formula is C27H56O5Si. The monoisotopic (exact) mass is 488 g/mol. The van der Waals surface area contributed by atoms with E-state index in [1.54, 1.807) is 21.3 Å². The van der Waals surface area contributed by atoms with Crippen molar-refractivity contribution in [2.75, 3.05) is 28.4 Å². The number of rotatable bonds is 26. The summed E-state index contributed by atoms with van der Waals surface area (Å²) in [7, 11) is 4.21. The molecule has 33 heavy (non-hydrogen) atoms. The number of carbonyl (C=O) groups is 1. The van der Waals surface area contributed by atoms with Crippen LogP contribution >= 0.6 is 0 Å². The maximum Gasteiger partial charge on any atom is 0.500 e. The van der Waals surface area contributed by atoms with Crippen LogP contribution < -0.4 is 0 Å². The van der Waals surface area contributed by atoms with Gasteiger partial charge in [-0.1, -0.05) is 116 Å².